The number of nitrogens with two attached hydrogens (primary N) is 1. The molecule has 1 unspecified atom stereocenters. The van der Waals surface area contributed by atoms with Crippen molar-refractivity contribution in [3.8, 4) is 29.9 Å². The summed E-state index contributed by atoms with van der Waals surface area (Å²) in [6.07, 6.45) is 5.20. The molecule has 2 aromatic carbocycles. The standard InChI is InChI=1S/C19H14N2O2/c1-2-10-22-14-8-9-15-17(11-14)23-19(21)16(12-20)18(15)13-6-4-3-5-7-13/h1,3-9,11,18H,10,21H2. The molecule has 3 rings (SSSR count). The zero-order chi connectivity index (χ0) is 16.2. The number of hydrogen-bond acceptors (Lipinski definition) is 4. The molecule has 4 heteroatoms. The quantitative estimate of drug-likeness (QED) is 0.885. The maximum Gasteiger partial charge on any atom is 0.205 e. The number of benzene rings is 2. The van der Waals surface area contributed by atoms with E-state index in [4.69, 9.17) is 21.6 Å². The lowest BCUT2D eigenvalue weighted by molar-refractivity contribution is 0.359. The Hall–Kier alpha value is -3.37. The Labute approximate surface area is 134 Å². The molecule has 0 aliphatic carbocycles. The number of rotatable bonds is 3. The van der Waals surface area contributed by atoms with Crippen LogP contribution in [0.15, 0.2) is 60.0 Å². The van der Waals surface area contributed by atoms with Crippen LogP contribution >= 0.6 is 0 Å². The second kappa shape index (κ2) is 6.17. The molecule has 0 amide bonds. The summed E-state index contributed by atoms with van der Waals surface area (Å²) in [6, 6.07) is 17.3. The zero-order valence-corrected chi connectivity index (χ0v) is 12.3. The van der Waals surface area contributed by atoms with Gasteiger partial charge in [-0.25, -0.2) is 0 Å². The van der Waals surface area contributed by atoms with Crippen LogP contribution in [-0.4, -0.2) is 6.61 Å². The Morgan fingerprint density at radius 2 is 2.00 bits per heavy atom. The Bertz CT molecular complexity index is 842. The Balaban J connectivity index is 2.09. The van der Waals surface area contributed by atoms with Crippen LogP contribution in [0, 0.1) is 23.7 Å². The van der Waals surface area contributed by atoms with Gasteiger partial charge in [-0.05, 0) is 11.6 Å². The fourth-order valence-electron chi connectivity index (χ4n) is 2.64. The average molecular weight is 302 g/mol. The van der Waals surface area contributed by atoms with Gasteiger partial charge in [0.05, 0.1) is 5.92 Å². The molecule has 2 aromatic rings. The predicted octanol–water partition coefficient (Wildman–Crippen LogP) is 2.92. The molecule has 2 N–H and O–H groups in total. The fourth-order valence-corrected chi connectivity index (χ4v) is 2.64. The van der Waals surface area contributed by atoms with E-state index in [0.717, 1.165) is 11.1 Å². The van der Waals surface area contributed by atoms with Crippen molar-refractivity contribution in [2.75, 3.05) is 6.61 Å². The molecule has 4 nitrogen and oxygen atoms in total. The summed E-state index contributed by atoms with van der Waals surface area (Å²) in [5.74, 6) is 3.44. The minimum absolute atomic E-state index is 0.114. The number of terminal acetylenes is 1. The first kappa shape index (κ1) is 14.6. The Kier molecular flexibility index (Phi) is 3.91. The monoisotopic (exact) mass is 302 g/mol. The van der Waals surface area contributed by atoms with Gasteiger partial charge in [-0.1, -0.05) is 42.3 Å². The van der Waals surface area contributed by atoms with Gasteiger partial charge >= 0.3 is 0 Å². The molecule has 1 aliphatic heterocycles. The molecular formula is C19H14N2O2. The summed E-state index contributed by atoms with van der Waals surface area (Å²) in [7, 11) is 0. The van der Waals surface area contributed by atoms with Crippen molar-refractivity contribution >= 4 is 0 Å². The van der Waals surface area contributed by atoms with Crippen LogP contribution in [-0.2, 0) is 0 Å². The largest absolute Gasteiger partial charge is 0.481 e. The SMILES string of the molecule is C#CCOc1ccc2c(c1)OC(N)=C(C#N)C2c1ccccc1. The highest BCUT2D eigenvalue weighted by molar-refractivity contribution is 5.57. The summed E-state index contributed by atoms with van der Waals surface area (Å²) < 4.78 is 11.0. The van der Waals surface area contributed by atoms with E-state index in [1.54, 1.807) is 6.07 Å². The van der Waals surface area contributed by atoms with Gasteiger partial charge in [0.15, 0.2) is 0 Å². The number of nitriles is 1. The van der Waals surface area contributed by atoms with Crippen LogP contribution in [0.1, 0.15) is 17.0 Å². The summed E-state index contributed by atoms with van der Waals surface area (Å²) in [5.41, 5.74) is 8.20. The second-order valence-corrected chi connectivity index (χ2v) is 5.03. The van der Waals surface area contributed by atoms with Gasteiger partial charge in [0.25, 0.3) is 0 Å². The number of ether oxygens (including phenoxy) is 2. The lowest BCUT2D eigenvalue weighted by atomic mass is 9.83. The zero-order valence-electron chi connectivity index (χ0n) is 12.3. The molecule has 0 radical (unpaired) electrons. The van der Waals surface area contributed by atoms with Crippen molar-refractivity contribution in [1.82, 2.24) is 0 Å². The van der Waals surface area contributed by atoms with Crippen LogP contribution in [0.5, 0.6) is 11.5 Å². The number of hydrogen-bond donors (Lipinski definition) is 1. The van der Waals surface area contributed by atoms with Gasteiger partial charge in [-0.2, -0.15) is 5.26 Å². The van der Waals surface area contributed by atoms with Crippen LogP contribution in [0.3, 0.4) is 0 Å². The van der Waals surface area contributed by atoms with Crippen molar-refractivity contribution < 1.29 is 9.47 Å². The molecule has 23 heavy (non-hydrogen) atoms. The minimum atomic E-state index is -0.258. The summed E-state index contributed by atoms with van der Waals surface area (Å²) >= 11 is 0. The Morgan fingerprint density at radius 1 is 1.22 bits per heavy atom. The topological polar surface area (TPSA) is 68.3 Å². The van der Waals surface area contributed by atoms with Gasteiger partial charge in [-0.15, -0.1) is 6.42 Å². The van der Waals surface area contributed by atoms with E-state index >= 15 is 0 Å². The van der Waals surface area contributed by atoms with E-state index in [0.29, 0.717) is 17.1 Å². The van der Waals surface area contributed by atoms with Crippen molar-refractivity contribution in [1.29, 1.82) is 5.26 Å². The highest BCUT2D eigenvalue weighted by Crippen LogP contribution is 2.43. The molecule has 112 valence electrons. The molecule has 0 saturated heterocycles. The molecule has 1 atom stereocenters. The summed E-state index contributed by atoms with van der Waals surface area (Å²) in [4.78, 5) is 0. The molecule has 0 fully saturated rings. The molecule has 1 heterocycles. The van der Waals surface area contributed by atoms with E-state index < -0.39 is 0 Å². The first-order valence-electron chi connectivity index (χ1n) is 7.07. The van der Waals surface area contributed by atoms with Gasteiger partial charge < -0.3 is 15.2 Å². The molecule has 0 spiro atoms. The van der Waals surface area contributed by atoms with Gasteiger partial charge in [0.2, 0.25) is 5.88 Å². The molecular weight excluding hydrogens is 288 g/mol. The highest BCUT2D eigenvalue weighted by Gasteiger charge is 2.30. The molecule has 0 saturated carbocycles. The third kappa shape index (κ3) is 2.71. The summed E-state index contributed by atoms with van der Waals surface area (Å²) in [5, 5.41) is 9.47. The van der Waals surface area contributed by atoms with Gasteiger partial charge in [0.1, 0.15) is 29.7 Å². The number of fused-ring (bicyclic) bond motifs is 1. The van der Waals surface area contributed by atoms with Crippen LogP contribution in [0.4, 0.5) is 0 Å². The molecule has 0 aromatic heterocycles. The third-order valence-corrected chi connectivity index (χ3v) is 3.65. The Morgan fingerprint density at radius 3 is 2.70 bits per heavy atom. The lowest BCUT2D eigenvalue weighted by Gasteiger charge is -2.26. The highest BCUT2D eigenvalue weighted by atomic mass is 16.5. The molecule has 0 bridgehead atoms. The van der Waals surface area contributed by atoms with E-state index in [-0.39, 0.29) is 18.4 Å². The third-order valence-electron chi connectivity index (χ3n) is 3.65. The minimum Gasteiger partial charge on any atom is -0.481 e. The van der Waals surface area contributed by atoms with E-state index in [1.807, 2.05) is 42.5 Å². The summed E-state index contributed by atoms with van der Waals surface area (Å²) in [6.45, 7) is 0.176. The van der Waals surface area contributed by atoms with Crippen LogP contribution < -0.4 is 15.2 Å². The van der Waals surface area contributed by atoms with E-state index in [2.05, 4.69) is 12.0 Å². The lowest BCUT2D eigenvalue weighted by Crippen LogP contribution is -2.21. The van der Waals surface area contributed by atoms with Gasteiger partial charge in [0, 0.05) is 11.6 Å². The van der Waals surface area contributed by atoms with Crippen LogP contribution in [0.25, 0.3) is 0 Å². The van der Waals surface area contributed by atoms with E-state index in [1.165, 1.54) is 0 Å². The fraction of sp³-hybridized carbons (Fsp3) is 0.105. The smallest absolute Gasteiger partial charge is 0.205 e. The average Bonchev–Trinajstić information content (AvgIpc) is 2.59. The van der Waals surface area contributed by atoms with Gasteiger partial charge in [-0.3, -0.25) is 0 Å². The predicted molar refractivity (Wildman–Crippen MR) is 86.5 cm³/mol. The first-order chi connectivity index (χ1) is 11.2. The van der Waals surface area contributed by atoms with E-state index in [9.17, 15) is 5.26 Å². The maximum absolute atomic E-state index is 9.47. The van der Waals surface area contributed by atoms with Crippen LogP contribution in [0.2, 0.25) is 0 Å². The van der Waals surface area contributed by atoms with Crippen molar-refractivity contribution in [2.45, 2.75) is 5.92 Å². The maximum atomic E-state index is 9.47. The second-order valence-electron chi connectivity index (χ2n) is 5.03. The molecule has 1 aliphatic rings. The number of allylic oxidation sites excluding steroid dienone is 1. The van der Waals surface area contributed by atoms with Crippen molar-refractivity contribution in [3.05, 3.63) is 71.1 Å². The van der Waals surface area contributed by atoms with Crippen molar-refractivity contribution in [2.24, 2.45) is 5.73 Å². The normalized spacial score (nSPS) is 15.8. The van der Waals surface area contributed by atoms with Crippen molar-refractivity contribution in [3.63, 3.8) is 0 Å². The first-order valence-corrected chi connectivity index (χ1v) is 7.07. The number of nitrogens with zero attached hydrogens (tertiary/aromatic N) is 1.